The van der Waals surface area contributed by atoms with E-state index in [1.807, 2.05) is 49.9 Å². The van der Waals surface area contributed by atoms with E-state index < -0.39 is 0 Å². The van der Waals surface area contributed by atoms with E-state index in [4.69, 9.17) is 14.5 Å². The predicted molar refractivity (Wildman–Crippen MR) is 136 cm³/mol. The van der Waals surface area contributed by atoms with Crippen molar-refractivity contribution in [3.05, 3.63) is 58.1 Å². The van der Waals surface area contributed by atoms with Crippen LogP contribution in [0, 0.1) is 0 Å². The van der Waals surface area contributed by atoms with Crippen LogP contribution in [0.2, 0.25) is 0 Å². The number of carbonyl (C=O) groups excluding carboxylic acids is 1. The molecule has 2 aliphatic heterocycles. The Kier molecular flexibility index (Phi) is 6.38. The number of benzene rings is 2. The first-order valence-electron chi connectivity index (χ1n) is 11.9. The summed E-state index contributed by atoms with van der Waals surface area (Å²) in [6, 6.07) is 10.0. The molecule has 0 bridgehead atoms. The van der Waals surface area contributed by atoms with Gasteiger partial charge in [-0.05, 0) is 83.9 Å². The van der Waals surface area contributed by atoms with Gasteiger partial charge in [0.1, 0.15) is 11.4 Å². The Morgan fingerprint density at radius 2 is 1.94 bits per heavy atom. The Balaban J connectivity index is 1.87. The van der Waals surface area contributed by atoms with Gasteiger partial charge in [-0.2, -0.15) is 0 Å². The zero-order chi connectivity index (χ0) is 24.0. The quantitative estimate of drug-likeness (QED) is 0.354. The Hall–Kier alpha value is -2.27. The number of esters is 1. The van der Waals surface area contributed by atoms with Gasteiger partial charge < -0.3 is 9.47 Å². The fraction of sp³-hybridized carbons (Fsp3) is 0.500. The summed E-state index contributed by atoms with van der Waals surface area (Å²) < 4.78 is 11.9. The predicted octanol–water partition coefficient (Wildman–Crippen LogP) is 6.64. The standard InChI is InChI=1S/C28H35NO3S/c1-8-12-33-22-14-20-15-27(4,5)29-24(23(20)21-16-28(6,7)32-25(21)22)18-10-9-11-19(13-18)26(30)31-17(2)3/h9-11,13-14,17H,8,12,15-16H2,1-7H3. The lowest BCUT2D eigenvalue weighted by atomic mass is 9.81. The van der Waals surface area contributed by atoms with Crippen molar-refractivity contribution in [2.45, 2.75) is 89.9 Å². The molecule has 0 aliphatic carbocycles. The molecule has 0 amide bonds. The third-order valence-corrected chi connectivity index (χ3v) is 7.08. The molecule has 0 radical (unpaired) electrons. The van der Waals surface area contributed by atoms with E-state index in [1.54, 1.807) is 0 Å². The first kappa shape index (κ1) is 23.9. The van der Waals surface area contributed by atoms with E-state index in [0.29, 0.717) is 5.56 Å². The van der Waals surface area contributed by atoms with Crippen LogP contribution in [0.1, 0.15) is 87.5 Å². The second kappa shape index (κ2) is 8.83. The van der Waals surface area contributed by atoms with Crippen molar-refractivity contribution >= 4 is 23.4 Å². The minimum Gasteiger partial charge on any atom is -0.486 e. The van der Waals surface area contributed by atoms with Gasteiger partial charge in [0.2, 0.25) is 0 Å². The van der Waals surface area contributed by atoms with Crippen LogP contribution in [0.3, 0.4) is 0 Å². The fourth-order valence-corrected chi connectivity index (χ4v) is 5.62. The molecule has 2 aromatic rings. The lowest BCUT2D eigenvalue weighted by Crippen LogP contribution is -2.30. The van der Waals surface area contributed by atoms with Crippen LogP contribution in [0.15, 0.2) is 40.2 Å². The Morgan fingerprint density at radius 3 is 2.64 bits per heavy atom. The summed E-state index contributed by atoms with van der Waals surface area (Å²) in [6.45, 7) is 14.6. The van der Waals surface area contributed by atoms with Crippen molar-refractivity contribution in [1.29, 1.82) is 0 Å². The number of fused-ring (bicyclic) bond motifs is 3. The van der Waals surface area contributed by atoms with Crippen LogP contribution in [0.4, 0.5) is 0 Å². The number of thioether (sulfide) groups is 1. The highest BCUT2D eigenvalue weighted by Gasteiger charge is 2.39. The number of hydrogen-bond acceptors (Lipinski definition) is 5. The zero-order valence-electron chi connectivity index (χ0n) is 20.9. The molecule has 0 saturated heterocycles. The molecule has 0 spiro atoms. The van der Waals surface area contributed by atoms with E-state index >= 15 is 0 Å². The fourth-order valence-electron chi connectivity index (χ4n) is 4.67. The average Bonchev–Trinajstić information content (AvgIpc) is 3.05. The Labute approximate surface area is 202 Å². The summed E-state index contributed by atoms with van der Waals surface area (Å²) in [5.74, 6) is 1.78. The maximum absolute atomic E-state index is 12.6. The van der Waals surface area contributed by atoms with Crippen LogP contribution in [0.5, 0.6) is 5.75 Å². The number of ether oxygens (including phenoxy) is 2. The third kappa shape index (κ3) is 4.98. The van der Waals surface area contributed by atoms with Gasteiger partial charge in [0.25, 0.3) is 0 Å². The maximum Gasteiger partial charge on any atom is 0.338 e. The van der Waals surface area contributed by atoms with Crippen LogP contribution >= 0.6 is 11.8 Å². The summed E-state index contributed by atoms with van der Waals surface area (Å²) in [6.07, 6.45) is 2.69. The number of aliphatic imine (C=N–C) groups is 1. The van der Waals surface area contributed by atoms with Gasteiger partial charge in [0, 0.05) is 23.1 Å². The van der Waals surface area contributed by atoms with Crippen molar-refractivity contribution in [3.8, 4) is 5.75 Å². The zero-order valence-corrected chi connectivity index (χ0v) is 21.7. The number of carbonyl (C=O) groups is 1. The largest absolute Gasteiger partial charge is 0.486 e. The molecule has 0 fully saturated rings. The van der Waals surface area contributed by atoms with Gasteiger partial charge in [-0.3, -0.25) is 4.99 Å². The molecular weight excluding hydrogens is 430 g/mol. The normalized spacial score (nSPS) is 17.8. The minimum absolute atomic E-state index is 0.158. The van der Waals surface area contributed by atoms with Crippen molar-refractivity contribution in [2.24, 2.45) is 4.99 Å². The molecule has 0 unspecified atom stereocenters. The molecule has 176 valence electrons. The summed E-state index contributed by atoms with van der Waals surface area (Å²) in [5.41, 5.74) is 5.72. The van der Waals surface area contributed by atoms with Gasteiger partial charge in [0.05, 0.1) is 27.8 Å². The molecule has 2 aromatic carbocycles. The molecule has 2 aliphatic rings. The summed E-state index contributed by atoms with van der Waals surface area (Å²) in [5, 5.41) is 0. The molecule has 0 saturated carbocycles. The van der Waals surface area contributed by atoms with Crippen molar-refractivity contribution in [2.75, 3.05) is 5.75 Å². The summed E-state index contributed by atoms with van der Waals surface area (Å²) in [7, 11) is 0. The second-order valence-electron chi connectivity index (χ2n) is 10.6. The van der Waals surface area contributed by atoms with Gasteiger partial charge in [-0.25, -0.2) is 4.79 Å². The Bertz CT molecular complexity index is 1110. The lowest BCUT2D eigenvalue weighted by molar-refractivity contribution is 0.0378. The van der Waals surface area contributed by atoms with Crippen molar-refractivity contribution in [3.63, 3.8) is 0 Å². The number of hydrogen-bond donors (Lipinski definition) is 0. The van der Waals surface area contributed by atoms with Crippen molar-refractivity contribution < 1.29 is 14.3 Å². The maximum atomic E-state index is 12.6. The van der Waals surface area contributed by atoms with Crippen LogP contribution in [-0.2, 0) is 17.6 Å². The molecule has 0 aromatic heterocycles. The number of rotatable bonds is 6. The third-order valence-electron chi connectivity index (χ3n) is 5.86. The minimum atomic E-state index is -0.302. The SMILES string of the molecule is CCCSc1cc2c(c3c1OC(C)(C)C3)C(c1cccc(C(=O)OC(C)C)c1)=NC(C)(C)C2. The molecule has 4 nitrogen and oxygen atoms in total. The smallest absolute Gasteiger partial charge is 0.338 e. The first-order chi connectivity index (χ1) is 15.5. The highest BCUT2D eigenvalue weighted by molar-refractivity contribution is 7.99. The van der Waals surface area contributed by atoms with Crippen LogP contribution < -0.4 is 4.74 Å². The number of nitrogens with zero attached hydrogens (tertiary/aromatic N) is 1. The molecule has 0 atom stereocenters. The van der Waals surface area contributed by atoms with E-state index in [9.17, 15) is 4.79 Å². The van der Waals surface area contributed by atoms with Gasteiger partial charge in [0.15, 0.2) is 0 Å². The lowest BCUT2D eigenvalue weighted by Gasteiger charge is -2.31. The molecule has 0 N–H and O–H groups in total. The van der Waals surface area contributed by atoms with E-state index in [0.717, 1.165) is 42.0 Å². The van der Waals surface area contributed by atoms with E-state index in [1.165, 1.54) is 21.6 Å². The molecular formula is C28H35NO3S. The monoisotopic (exact) mass is 465 g/mol. The second-order valence-corrected chi connectivity index (χ2v) is 11.7. The highest BCUT2D eigenvalue weighted by atomic mass is 32.2. The van der Waals surface area contributed by atoms with Gasteiger partial charge >= 0.3 is 5.97 Å². The first-order valence-corrected chi connectivity index (χ1v) is 12.9. The van der Waals surface area contributed by atoms with E-state index in [-0.39, 0.29) is 23.2 Å². The van der Waals surface area contributed by atoms with Gasteiger partial charge in [-0.1, -0.05) is 19.1 Å². The van der Waals surface area contributed by atoms with Crippen LogP contribution in [-0.4, -0.2) is 34.7 Å². The molecule has 5 heteroatoms. The Morgan fingerprint density at radius 1 is 1.18 bits per heavy atom. The average molecular weight is 466 g/mol. The molecule has 33 heavy (non-hydrogen) atoms. The van der Waals surface area contributed by atoms with Crippen LogP contribution in [0.25, 0.3) is 0 Å². The van der Waals surface area contributed by atoms with E-state index in [2.05, 4.69) is 40.7 Å². The molecule has 2 heterocycles. The molecule has 4 rings (SSSR count). The topological polar surface area (TPSA) is 47.9 Å². The van der Waals surface area contributed by atoms with Gasteiger partial charge in [-0.15, -0.1) is 11.8 Å². The highest BCUT2D eigenvalue weighted by Crippen LogP contribution is 2.47. The summed E-state index contributed by atoms with van der Waals surface area (Å²) >= 11 is 1.88. The summed E-state index contributed by atoms with van der Waals surface area (Å²) in [4.78, 5) is 19.0. The van der Waals surface area contributed by atoms with Crippen molar-refractivity contribution in [1.82, 2.24) is 0 Å².